The molecule has 0 bridgehead atoms. The van der Waals surface area contributed by atoms with Crippen molar-refractivity contribution in [2.45, 2.75) is 0 Å². The molecule has 0 atom stereocenters. The van der Waals surface area contributed by atoms with Crippen LogP contribution in [0.3, 0.4) is 0 Å². The lowest BCUT2D eigenvalue weighted by atomic mass is 10.2. The van der Waals surface area contributed by atoms with Gasteiger partial charge >= 0.3 is 5.97 Å². The number of methoxy groups -OCH3 is 2. The average molecular weight is 358 g/mol. The summed E-state index contributed by atoms with van der Waals surface area (Å²) in [6, 6.07) is 11.9. The Hall–Kier alpha value is -3.22. The predicted molar refractivity (Wildman–Crippen MR) is 99.2 cm³/mol. The summed E-state index contributed by atoms with van der Waals surface area (Å²) >= 11 is 0. The van der Waals surface area contributed by atoms with Crippen LogP contribution in [0.4, 0.5) is 11.4 Å². The molecule has 2 aromatic carbocycles. The molecule has 0 radical (unpaired) electrons. The quantitative estimate of drug-likeness (QED) is 0.767. The summed E-state index contributed by atoms with van der Waals surface area (Å²) < 4.78 is 15.4. The lowest BCUT2D eigenvalue weighted by Gasteiger charge is -2.12. The number of benzene rings is 2. The van der Waals surface area contributed by atoms with E-state index in [0.717, 1.165) is 5.69 Å². The zero-order valence-electron chi connectivity index (χ0n) is 15.2. The predicted octanol–water partition coefficient (Wildman–Crippen LogP) is 2.57. The van der Waals surface area contributed by atoms with Crippen LogP contribution in [0, 0.1) is 0 Å². The first-order valence-corrected chi connectivity index (χ1v) is 7.91. The van der Waals surface area contributed by atoms with E-state index in [1.807, 2.05) is 19.0 Å². The number of nitrogens with one attached hydrogen (secondary N) is 1. The lowest BCUT2D eigenvalue weighted by molar-refractivity contribution is -0.119. The van der Waals surface area contributed by atoms with Crippen LogP contribution in [0.15, 0.2) is 42.5 Å². The molecule has 1 N–H and O–H groups in total. The van der Waals surface area contributed by atoms with Crippen molar-refractivity contribution in [2.75, 3.05) is 45.1 Å². The largest absolute Gasteiger partial charge is 0.493 e. The number of hydrogen-bond acceptors (Lipinski definition) is 6. The molecule has 0 saturated carbocycles. The highest BCUT2D eigenvalue weighted by molar-refractivity contribution is 5.95. The van der Waals surface area contributed by atoms with Gasteiger partial charge in [-0.25, -0.2) is 4.79 Å². The Kier molecular flexibility index (Phi) is 6.43. The van der Waals surface area contributed by atoms with E-state index in [2.05, 4.69) is 5.32 Å². The van der Waals surface area contributed by atoms with E-state index in [4.69, 9.17) is 14.2 Å². The molecular weight excluding hydrogens is 336 g/mol. The molecule has 0 fully saturated rings. The van der Waals surface area contributed by atoms with Crippen LogP contribution in [0.2, 0.25) is 0 Å². The Labute approximate surface area is 152 Å². The number of amides is 1. The highest BCUT2D eigenvalue weighted by Crippen LogP contribution is 2.29. The molecule has 0 aliphatic carbocycles. The number of ether oxygens (including phenoxy) is 3. The minimum atomic E-state index is -0.558. The van der Waals surface area contributed by atoms with Gasteiger partial charge < -0.3 is 24.4 Å². The zero-order valence-corrected chi connectivity index (χ0v) is 15.2. The summed E-state index contributed by atoms with van der Waals surface area (Å²) in [5.41, 5.74) is 1.86. The molecule has 0 aromatic heterocycles. The number of hydrogen-bond donors (Lipinski definition) is 1. The van der Waals surface area contributed by atoms with Crippen LogP contribution in [0.5, 0.6) is 11.5 Å². The summed E-state index contributed by atoms with van der Waals surface area (Å²) in [6.07, 6.45) is 0. The molecule has 0 heterocycles. The highest BCUT2D eigenvalue weighted by atomic mass is 16.5. The molecule has 0 unspecified atom stereocenters. The first-order chi connectivity index (χ1) is 12.4. The third-order valence-electron chi connectivity index (χ3n) is 3.62. The Morgan fingerprint density at radius 1 is 0.962 bits per heavy atom. The van der Waals surface area contributed by atoms with Gasteiger partial charge in [0.05, 0.1) is 19.8 Å². The van der Waals surface area contributed by atoms with Gasteiger partial charge in [-0.1, -0.05) is 0 Å². The molecule has 26 heavy (non-hydrogen) atoms. The minimum absolute atomic E-state index is 0.384. The summed E-state index contributed by atoms with van der Waals surface area (Å²) in [5.74, 6) is 0.0367. The van der Waals surface area contributed by atoms with E-state index < -0.39 is 11.9 Å². The molecule has 0 aliphatic heterocycles. The van der Waals surface area contributed by atoms with Crippen molar-refractivity contribution in [1.29, 1.82) is 0 Å². The molecule has 0 saturated heterocycles. The molecule has 0 spiro atoms. The normalized spacial score (nSPS) is 10.0. The third kappa shape index (κ3) is 4.89. The van der Waals surface area contributed by atoms with Gasteiger partial charge in [-0.15, -0.1) is 0 Å². The maximum Gasteiger partial charge on any atom is 0.338 e. The van der Waals surface area contributed by atoms with Crippen LogP contribution in [0.1, 0.15) is 10.4 Å². The molecule has 138 valence electrons. The number of rotatable bonds is 7. The molecule has 7 nitrogen and oxygen atoms in total. The SMILES string of the molecule is COc1ccc(NC(=O)COC(=O)c2ccc(N(C)C)cc2)cc1OC. The molecule has 0 aliphatic rings. The second-order valence-corrected chi connectivity index (χ2v) is 5.64. The van der Waals surface area contributed by atoms with Crippen LogP contribution < -0.4 is 19.7 Å². The monoisotopic (exact) mass is 358 g/mol. The van der Waals surface area contributed by atoms with Crippen molar-refractivity contribution in [2.24, 2.45) is 0 Å². The van der Waals surface area contributed by atoms with Gasteiger partial charge in [0.15, 0.2) is 18.1 Å². The first-order valence-electron chi connectivity index (χ1n) is 7.91. The standard InChI is InChI=1S/C19H22N2O5/c1-21(2)15-8-5-13(6-9-15)19(23)26-12-18(22)20-14-7-10-16(24-3)17(11-14)25-4/h5-11H,12H2,1-4H3,(H,20,22). The van der Waals surface area contributed by atoms with Crippen molar-refractivity contribution in [3.8, 4) is 11.5 Å². The molecule has 7 heteroatoms. The second-order valence-electron chi connectivity index (χ2n) is 5.64. The Morgan fingerprint density at radius 3 is 2.19 bits per heavy atom. The van der Waals surface area contributed by atoms with Crippen molar-refractivity contribution in [3.05, 3.63) is 48.0 Å². The number of carbonyl (C=O) groups is 2. The summed E-state index contributed by atoms with van der Waals surface area (Å²) in [5, 5.41) is 2.64. The van der Waals surface area contributed by atoms with Gasteiger partial charge in [-0.05, 0) is 36.4 Å². The van der Waals surface area contributed by atoms with Gasteiger partial charge in [-0.3, -0.25) is 4.79 Å². The maximum absolute atomic E-state index is 12.0. The maximum atomic E-state index is 12.0. The Morgan fingerprint density at radius 2 is 1.62 bits per heavy atom. The van der Waals surface area contributed by atoms with E-state index in [0.29, 0.717) is 22.7 Å². The Bertz CT molecular complexity index is 772. The lowest BCUT2D eigenvalue weighted by Crippen LogP contribution is -2.21. The average Bonchev–Trinajstić information content (AvgIpc) is 2.66. The van der Waals surface area contributed by atoms with E-state index in [1.165, 1.54) is 14.2 Å². The van der Waals surface area contributed by atoms with Gasteiger partial charge in [0.2, 0.25) is 0 Å². The summed E-state index contributed by atoms with van der Waals surface area (Å²) in [7, 11) is 6.85. The smallest absolute Gasteiger partial charge is 0.338 e. The van der Waals surface area contributed by atoms with E-state index in [9.17, 15) is 9.59 Å². The van der Waals surface area contributed by atoms with Crippen molar-refractivity contribution in [3.63, 3.8) is 0 Å². The van der Waals surface area contributed by atoms with Gasteiger partial charge in [-0.2, -0.15) is 0 Å². The molecule has 1 amide bonds. The molecule has 2 aromatic rings. The number of nitrogens with zero attached hydrogens (tertiary/aromatic N) is 1. The van der Waals surface area contributed by atoms with Crippen molar-refractivity contribution >= 4 is 23.3 Å². The van der Waals surface area contributed by atoms with Crippen LogP contribution in [0.25, 0.3) is 0 Å². The number of esters is 1. The fraction of sp³-hybridized carbons (Fsp3) is 0.263. The van der Waals surface area contributed by atoms with Gasteiger partial charge in [0, 0.05) is 31.5 Å². The molecule has 2 rings (SSSR count). The molecular formula is C19H22N2O5. The Balaban J connectivity index is 1.91. The second kappa shape index (κ2) is 8.75. The zero-order chi connectivity index (χ0) is 19.1. The van der Waals surface area contributed by atoms with Gasteiger partial charge in [0.25, 0.3) is 5.91 Å². The summed E-state index contributed by atoms with van der Waals surface area (Å²) in [6.45, 7) is -0.386. The fourth-order valence-electron chi connectivity index (χ4n) is 2.22. The van der Waals surface area contributed by atoms with E-state index >= 15 is 0 Å². The van der Waals surface area contributed by atoms with Crippen LogP contribution >= 0.6 is 0 Å². The van der Waals surface area contributed by atoms with E-state index in [-0.39, 0.29) is 6.61 Å². The van der Waals surface area contributed by atoms with Crippen molar-refractivity contribution in [1.82, 2.24) is 0 Å². The van der Waals surface area contributed by atoms with Crippen molar-refractivity contribution < 1.29 is 23.8 Å². The number of carbonyl (C=O) groups excluding carboxylic acids is 2. The first kappa shape index (κ1) is 19.1. The topological polar surface area (TPSA) is 77.1 Å². The number of anilines is 2. The minimum Gasteiger partial charge on any atom is -0.493 e. The third-order valence-corrected chi connectivity index (χ3v) is 3.62. The van der Waals surface area contributed by atoms with Crippen LogP contribution in [-0.4, -0.2) is 46.8 Å². The fourth-order valence-corrected chi connectivity index (χ4v) is 2.22. The highest BCUT2D eigenvalue weighted by Gasteiger charge is 2.12. The van der Waals surface area contributed by atoms with E-state index in [1.54, 1.807) is 42.5 Å². The summed E-state index contributed by atoms with van der Waals surface area (Å²) in [4.78, 5) is 25.9. The van der Waals surface area contributed by atoms with Crippen LogP contribution in [-0.2, 0) is 9.53 Å². The van der Waals surface area contributed by atoms with Gasteiger partial charge in [0.1, 0.15) is 0 Å².